The van der Waals surface area contributed by atoms with Crippen LogP contribution in [0.1, 0.15) is 10.4 Å². The third-order valence-electron chi connectivity index (χ3n) is 2.57. The number of halogens is 1. The van der Waals surface area contributed by atoms with Crippen LogP contribution in [0.4, 0.5) is 0 Å². The fourth-order valence-corrected chi connectivity index (χ4v) is 3.13. The zero-order valence-electron chi connectivity index (χ0n) is 10.7. The van der Waals surface area contributed by atoms with Gasteiger partial charge in [-0.3, -0.25) is 4.79 Å². The Bertz CT molecular complexity index is 804. The minimum absolute atomic E-state index is 0.0564. The van der Waals surface area contributed by atoms with Gasteiger partial charge in [-0.2, -0.15) is 0 Å². The molecule has 2 rings (SSSR count). The van der Waals surface area contributed by atoms with Crippen molar-refractivity contribution in [2.45, 2.75) is 4.90 Å². The number of hydrogen-bond acceptors (Lipinski definition) is 4. The maximum atomic E-state index is 12.3. The number of aromatic nitrogens is 2. The average Bonchev–Trinajstić information content (AvgIpc) is 2.92. The van der Waals surface area contributed by atoms with Gasteiger partial charge >= 0.3 is 0 Å². The van der Waals surface area contributed by atoms with Crippen LogP contribution in [0.5, 0.6) is 0 Å². The average molecular weight is 368 g/mol. The van der Waals surface area contributed by atoms with E-state index in [1.807, 2.05) is 0 Å². The van der Waals surface area contributed by atoms with Crippen LogP contribution in [-0.4, -0.2) is 29.8 Å². The maximum Gasteiger partial charge on any atom is 0.268 e. The van der Waals surface area contributed by atoms with Crippen molar-refractivity contribution in [2.24, 2.45) is 0 Å². The van der Waals surface area contributed by atoms with Gasteiger partial charge < -0.3 is 5.32 Å². The molecular weight excluding hydrogens is 358 g/mol. The first kappa shape index (κ1) is 15.3. The summed E-state index contributed by atoms with van der Waals surface area (Å²) in [4.78, 5) is 15.5. The molecule has 108 valence electrons. The summed E-state index contributed by atoms with van der Waals surface area (Å²) in [6, 6.07) is 5.55. The largest absolute Gasteiger partial charge is 0.341 e. The maximum absolute atomic E-state index is 12.3. The highest BCUT2D eigenvalue weighted by Crippen LogP contribution is 2.16. The Morgan fingerprint density at radius 3 is 2.57 bits per heavy atom. The summed E-state index contributed by atoms with van der Waals surface area (Å²) >= 11 is 3.09. The Morgan fingerprint density at radius 1 is 1.38 bits per heavy atom. The molecule has 0 fully saturated rings. The third kappa shape index (κ3) is 3.32. The number of terminal acetylenes is 1. The Hall–Kier alpha value is -2.11. The molecule has 8 heteroatoms. The Kier molecular flexibility index (Phi) is 4.45. The lowest BCUT2D eigenvalue weighted by atomic mass is 10.2. The molecule has 21 heavy (non-hydrogen) atoms. The molecule has 0 radical (unpaired) electrons. The quantitative estimate of drug-likeness (QED) is 0.824. The van der Waals surface area contributed by atoms with E-state index < -0.39 is 10.0 Å². The van der Waals surface area contributed by atoms with E-state index >= 15 is 0 Å². The van der Waals surface area contributed by atoms with Crippen molar-refractivity contribution in [3.05, 3.63) is 47.0 Å². The molecule has 0 atom stereocenters. The van der Waals surface area contributed by atoms with E-state index in [4.69, 9.17) is 6.42 Å². The van der Waals surface area contributed by atoms with Gasteiger partial charge in [0, 0.05) is 5.56 Å². The zero-order chi connectivity index (χ0) is 15.5. The molecule has 0 unspecified atom stereocenters. The predicted molar refractivity (Wildman–Crippen MR) is 80.1 cm³/mol. The number of rotatable bonds is 4. The van der Waals surface area contributed by atoms with E-state index in [0.717, 1.165) is 3.97 Å². The van der Waals surface area contributed by atoms with Crippen LogP contribution in [0.15, 0.2) is 46.3 Å². The first-order valence-electron chi connectivity index (χ1n) is 5.72. The standard InChI is InChI=1S/C13H10BrN3O3S/c1-2-7-15-13(18)10-3-5-11(6-4-10)21(19,20)17-8-12(14)16-9-17/h1,3-6,8-9H,7H2,(H,15,18). The SMILES string of the molecule is C#CCNC(=O)c1ccc(S(=O)(=O)n2cnc(Br)c2)cc1. The summed E-state index contributed by atoms with van der Waals surface area (Å²) in [7, 11) is -3.72. The Labute approximate surface area is 130 Å². The number of carbonyl (C=O) groups excluding carboxylic acids is 1. The van der Waals surface area contributed by atoms with E-state index in [-0.39, 0.29) is 17.3 Å². The van der Waals surface area contributed by atoms with Crippen molar-refractivity contribution in [3.8, 4) is 12.3 Å². The summed E-state index contributed by atoms with van der Waals surface area (Å²) in [5.74, 6) is 1.93. The molecular formula is C13H10BrN3O3S. The number of benzene rings is 1. The minimum Gasteiger partial charge on any atom is -0.341 e. The second-order valence-corrected chi connectivity index (χ2v) is 6.60. The van der Waals surface area contributed by atoms with E-state index in [1.54, 1.807) is 0 Å². The van der Waals surface area contributed by atoms with Crippen molar-refractivity contribution < 1.29 is 13.2 Å². The Morgan fingerprint density at radius 2 is 2.05 bits per heavy atom. The monoisotopic (exact) mass is 367 g/mol. The van der Waals surface area contributed by atoms with Crippen LogP contribution in [0, 0.1) is 12.3 Å². The number of imidazole rings is 1. The summed E-state index contributed by atoms with van der Waals surface area (Å²) < 4.78 is 26.0. The minimum atomic E-state index is -3.72. The molecule has 0 spiro atoms. The van der Waals surface area contributed by atoms with Crippen LogP contribution < -0.4 is 5.32 Å². The van der Waals surface area contributed by atoms with Crippen molar-refractivity contribution in [3.63, 3.8) is 0 Å². The molecule has 1 aromatic heterocycles. The van der Waals surface area contributed by atoms with Gasteiger partial charge in [-0.25, -0.2) is 17.4 Å². The van der Waals surface area contributed by atoms with Gasteiger partial charge in [0.1, 0.15) is 10.9 Å². The smallest absolute Gasteiger partial charge is 0.268 e. The first-order valence-corrected chi connectivity index (χ1v) is 7.95. The van der Waals surface area contributed by atoms with E-state index in [9.17, 15) is 13.2 Å². The molecule has 1 amide bonds. The fraction of sp³-hybridized carbons (Fsp3) is 0.0769. The number of nitrogens with one attached hydrogen (secondary N) is 1. The topological polar surface area (TPSA) is 81.1 Å². The summed E-state index contributed by atoms with van der Waals surface area (Å²) in [6.45, 7) is 0.113. The van der Waals surface area contributed by atoms with Crippen molar-refractivity contribution in [1.82, 2.24) is 14.3 Å². The normalized spacial score (nSPS) is 10.9. The molecule has 1 heterocycles. The lowest BCUT2D eigenvalue weighted by molar-refractivity contribution is 0.0958. The number of carbonyl (C=O) groups is 1. The predicted octanol–water partition coefficient (Wildman–Crippen LogP) is 1.25. The van der Waals surface area contributed by atoms with Crippen LogP contribution in [0.2, 0.25) is 0 Å². The molecule has 0 aliphatic carbocycles. The lowest BCUT2D eigenvalue weighted by Crippen LogP contribution is -2.23. The molecule has 0 aliphatic heterocycles. The molecule has 2 aromatic rings. The highest BCUT2D eigenvalue weighted by molar-refractivity contribution is 9.10. The third-order valence-corrected chi connectivity index (χ3v) is 4.60. The van der Waals surface area contributed by atoms with Gasteiger partial charge in [-0.15, -0.1) is 6.42 Å². The molecule has 0 saturated carbocycles. The van der Waals surface area contributed by atoms with Gasteiger partial charge in [-0.1, -0.05) is 5.92 Å². The van der Waals surface area contributed by atoms with Crippen molar-refractivity contribution in [1.29, 1.82) is 0 Å². The molecule has 6 nitrogen and oxygen atoms in total. The van der Waals surface area contributed by atoms with Crippen LogP contribution in [0.25, 0.3) is 0 Å². The number of nitrogens with zero attached hydrogens (tertiary/aromatic N) is 2. The first-order chi connectivity index (χ1) is 9.95. The van der Waals surface area contributed by atoms with Gasteiger partial charge in [0.05, 0.1) is 17.6 Å². The molecule has 1 aromatic carbocycles. The van der Waals surface area contributed by atoms with Crippen molar-refractivity contribution >= 4 is 31.9 Å². The fourth-order valence-electron chi connectivity index (χ4n) is 1.55. The molecule has 0 aliphatic rings. The van der Waals surface area contributed by atoms with E-state index in [0.29, 0.717) is 10.2 Å². The summed E-state index contributed by atoms with van der Waals surface area (Å²) in [6.07, 6.45) is 7.57. The molecule has 0 bridgehead atoms. The van der Waals surface area contributed by atoms with E-state index in [1.165, 1.54) is 36.8 Å². The lowest BCUT2D eigenvalue weighted by Gasteiger charge is -2.06. The highest BCUT2D eigenvalue weighted by Gasteiger charge is 2.17. The highest BCUT2D eigenvalue weighted by atomic mass is 79.9. The van der Waals surface area contributed by atoms with Gasteiger partial charge in [0.25, 0.3) is 15.9 Å². The molecule has 1 N–H and O–H groups in total. The number of amides is 1. The number of hydrogen-bond donors (Lipinski definition) is 1. The van der Waals surface area contributed by atoms with Crippen molar-refractivity contribution in [2.75, 3.05) is 6.54 Å². The van der Waals surface area contributed by atoms with Gasteiger partial charge in [-0.05, 0) is 40.2 Å². The second kappa shape index (κ2) is 6.11. The van der Waals surface area contributed by atoms with Crippen LogP contribution >= 0.6 is 15.9 Å². The van der Waals surface area contributed by atoms with Crippen LogP contribution in [0.3, 0.4) is 0 Å². The zero-order valence-corrected chi connectivity index (χ0v) is 13.1. The second-order valence-electron chi connectivity index (χ2n) is 3.94. The van der Waals surface area contributed by atoms with Gasteiger partial charge in [0.2, 0.25) is 0 Å². The van der Waals surface area contributed by atoms with Gasteiger partial charge in [0.15, 0.2) is 0 Å². The van der Waals surface area contributed by atoms with E-state index in [2.05, 4.69) is 32.2 Å². The Balaban J connectivity index is 2.27. The summed E-state index contributed by atoms with van der Waals surface area (Å²) in [5.41, 5.74) is 0.330. The van der Waals surface area contributed by atoms with Crippen LogP contribution in [-0.2, 0) is 10.0 Å². The summed E-state index contributed by atoms with van der Waals surface area (Å²) in [5, 5.41) is 2.50. The molecule has 0 saturated heterocycles.